The van der Waals surface area contributed by atoms with E-state index >= 15 is 0 Å². The topological polar surface area (TPSA) is 99.0 Å². The van der Waals surface area contributed by atoms with Crippen LogP contribution >= 0.6 is 12.2 Å². The van der Waals surface area contributed by atoms with E-state index in [1.807, 2.05) is 44.4 Å². The highest BCUT2D eigenvalue weighted by Gasteiger charge is 2.53. The fourth-order valence-corrected chi connectivity index (χ4v) is 7.52. The fourth-order valence-electron chi connectivity index (χ4n) is 6.95. The Labute approximate surface area is 269 Å². The molecule has 1 saturated carbocycles. The third-order valence-electron chi connectivity index (χ3n) is 9.09. The van der Waals surface area contributed by atoms with Crippen LogP contribution < -0.4 is 4.90 Å². The largest absolute Gasteiger partial charge is 0.444 e. The average molecular weight is 652 g/mol. The normalized spacial score (nSPS) is 27.5. The van der Waals surface area contributed by atoms with Crippen LogP contribution in [0.4, 0.5) is 23.7 Å². The molecule has 3 atom stereocenters. The van der Waals surface area contributed by atoms with Gasteiger partial charge in [-0.3, -0.25) is 9.69 Å². The Morgan fingerprint density at radius 3 is 2.27 bits per heavy atom. The van der Waals surface area contributed by atoms with Crippen molar-refractivity contribution >= 4 is 35.0 Å². The number of pyridine rings is 1. The average Bonchev–Trinajstić information content (AvgIpc) is 3.09. The molecule has 3 aliphatic rings. The minimum Gasteiger partial charge on any atom is -0.444 e. The molecule has 1 aromatic heterocycles. The molecule has 248 valence electrons. The molecule has 3 fully saturated rings. The van der Waals surface area contributed by atoms with Crippen molar-refractivity contribution in [2.24, 2.45) is 5.92 Å². The Balaban J connectivity index is 1.31. The predicted octanol–water partition coefficient (Wildman–Crippen LogP) is 6.83. The number of halogens is 3. The van der Waals surface area contributed by atoms with E-state index in [1.165, 1.54) is 6.07 Å². The Kier molecular flexibility index (Phi) is 10.1. The smallest absolute Gasteiger partial charge is 0.419 e. The number of piperidine rings is 1. The first-order valence-electron chi connectivity index (χ1n) is 15.6. The number of rotatable bonds is 6. The van der Waals surface area contributed by atoms with Crippen molar-refractivity contribution in [1.82, 2.24) is 14.8 Å². The summed E-state index contributed by atoms with van der Waals surface area (Å²) in [5.41, 5.74) is -3.65. The number of nitriles is 1. The molecule has 0 bridgehead atoms. The SMILES string of the molecule is C[C@@H]1CC(OCCC2CCC(N3C(=S)N(c4cnc(C#N)c(C(F)(F)F)c4)C(=O)C3(C)C)CC2)C[C@H](C)N1C(=O)OC(C)(C)C. The van der Waals surface area contributed by atoms with Crippen molar-refractivity contribution in [2.75, 3.05) is 11.5 Å². The number of hydrogen-bond acceptors (Lipinski definition) is 7. The predicted molar refractivity (Wildman–Crippen MR) is 166 cm³/mol. The molecule has 3 heterocycles. The first-order valence-corrected chi connectivity index (χ1v) is 16.0. The maximum atomic E-state index is 13.6. The van der Waals surface area contributed by atoms with Crippen LogP contribution in [0, 0.1) is 17.2 Å². The molecule has 0 N–H and O–H groups in total. The van der Waals surface area contributed by atoms with Crippen LogP contribution in [0.1, 0.15) is 105 Å². The zero-order valence-corrected chi connectivity index (χ0v) is 27.9. The summed E-state index contributed by atoms with van der Waals surface area (Å²) in [4.78, 5) is 34.7. The van der Waals surface area contributed by atoms with E-state index in [2.05, 4.69) is 4.98 Å². The molecule has 0 aromatic carbocycles. The van der Waals surface area contributed by atoms with Crippen LogP contribution in [-0.2, 0) is 20.4 Å². The van der Waals surface area contributed by atoms with Crippen molar-refractivity contribution in [3.8, 4) is 6.07 Å². The summed E-state index contributed by atoms with van der Waals surface area (Å²) >= 11 is 5.69. The van der Waals surface area contributed by atoms with Gasteiger partial charge in [0, 0.05) is 24.7 Å². The minimum absolute atomic E-state index is 0.0130. The van der Waals surface area contributed by atoms with Crippen molar-refractivity contribution in [3.63, 3.8) is 0 Å². The van der Waals surface area contributed by atoms with E-state index in [0.717, 1.165) is 62.1 Å². The summed E-state index contributed by atoms with van der Waals surface area (Å²) in [7, 11) is 0. The van der Waals surface area contributed by atoms with Crippen molar-refractivity contribution in [1.29, 1.82) is 5.26 Å². The molecule has 45 heavy (non-hydrogen) atoms. The van der Waals surface area contributed by atoms with Gasteiger partial charge in [-0.2, -0.15) is 18.4 Å². The monoisotopic (exact) mass is 651 g/mol. The zero-order valence-electron chi connectivity index (χ0n) is 27.1. The molecule has 1 aliphatic carbocycles. The molecule has 0 radical (unpaired) electrons. The Morgan fingerprint density at radius 2 is 1.73 bits per heavy atom. The molecule has 2 amide bonds. The number of thiocarbonyl (C=S) groups is 1. The number of ether oxygens (including phenoxy) is 2. The second kappa shape index (κ2) is 13.0. The lowest BCUT2D eigenvalue weighted by atomic mass is 9.82. The Bertz CT molecular complexity index is 1320. The van der Waals surface area contributed by atoms with E-state index in [9.17, 15) is 22.8 Å². The lowest BCUT2D eigenvalue weighted by molar-refractivity contribution is -0.138. The number of amides is 2. The standard InChI is InChI=1S/C32H44F3N5O4S/c1-19-14-24(15-20(2)38(19)29(42)44-30(3,4)5)43-13-12-21-8-10-22(11-9-21)40-28(45)39(27(41)31(40,6)7)23-16-25(32(33,34)35)26(17-36)37-18-23/h16,18-22,24H,8-15H2,1-7H3/t19-,20+,21?,22?,24?. The van der Waals surface area contributed by atoms with Gasteiger partial charge in [-0.25, -0.2) is 9.78 Å². The number of nitrogens with zero attached hydrogens (tertiary/aromatic N) is 5. The molecule has 9 nitrogen and oxygen atoms in total. The van der Waals surface area contributed by atoms with Gasteiger partial charge in [-0.1, -0.05) is 0 Å². The molecular weight excluding hydrogens is 607 g/mol. The van der Waals surface area contributed by atoms with Gasteiger partial charge in [0.1, 0.15) is 17.2 Å². The van der Waals surface area contributed by atoms with E-state index in [0.29, 0.717) is 12.5 Å². The second-order valence-corrected chi connectivity index (χ2v) is 14.4. The van der Waals surface area contributed by atoms with E-state index in [-0.39, 0.29) is 41.1 Å². The van der Waals surface area contributed by atoms with Crippen LogP contribution in [-0.4, -0.2) is 73.9 Å². The van der Waals surface area contributed by atoms with Crippen LogP contribution in [0.5, 0.6) is 0 Å². The van der Waals surface area contributed by atoms with Gasteiger partial charge < -0.3 is 19.3 Å². The zero-order chi connectivity index (χ0) is 33.5. The van der Waals surface area contributed by atoms with Crippen LogP contribution in [0.15, 0.2) is 12.3 Å². The maximum Gasteiger partial charge on any atom is 0.419 e. The molecule has 0 spiro atoms. The molecule has 4 rings (SSSR count). The summed E-state index contributed by atoms with van der Waals surface area (Å²) in [6, 6.07) is 2.23. The summed E-state index contributed by atoms with van der Waals surface area (Å²) in [6.07, 6.45) is 1.88. The lowest BCUT2D eigenvalue weighted by Crippen LogP contribution is -2.53. The van der Waals surface area contributed by atoms with Gasteiger partial charge in [-0.05, 0) is 118 Å². The number of alkyl halides is 3. The summed E-state index contributed by atoms with van der Waals surface area (Å²) in [6.45, 7) is 13.7. The Morgan fingerprint density at radius 1 is 1.13 bits per heavy atom. The first-order chi connectivity index (χ1) is 20.8. The maximum absolute atomic E-state index is 13.6. The molecule has 1 unspecified atom stereocenters. The summed E-state index contributed by atoms with van der Waals surface area (Å²) in [5, 5.41) is 9.26. The minimum atomic E-state index is -4.80. The molecule has 13 heteroatoms. The number of anilines is 1. The number of carbonyl (C=O) groups excluding carboxylic acids is 2. The quantitative estimate of drug-likeness (QED) is 0.309. The molecular formula is C32H44F3N5O4S. The molecule has 1 aromatic rings. The highest BCUT2D eigenvalue weighted by atomic mass is 32.1. The highest BCUT2D eigenvalue weighted by Crippen LogP contribution is 2.41. The van der Waals surface area contributed by atoms with E-state index < -0.39 is 34.5 Å². The summed E-state index contributed by atoms with van der Waals surface area (Å²) in [5.74, 6) is 0.0185. The third-order valence-corrected chi connectivity index (χ3v) is 9.47. The van der Waals surface area contributed by atoms with Crippen LogP contribution in [0.2, 0.25) is 0 Å². The summed E-state index contributed by atoms with van der Waals surface area (Å²) < 4.78 is 52.7. The number of likely N-dealkylation sites (tertiary alicyclic amines) is 1. The van der Waals surface area contributed by atoms with Gasteiger partial charge in [0.2, 0.25) is 0 Å². The van der Waals surface area contributed by atoms with Crippen LogP contribution in [0.3, 0.4) is 0 Å². The Hall–Kier alpha value is -2.98. The van der Waals surface area contributed by atoms with Crippen molar-refractivity contribution in [3.05, 3.63) is 23.5 Å². The van der Waals surface area contributed by atoms with Gasteiger partial charge in [0.25, 0.3) is 5.91 Å². The third kappa shape index (κ3) is 7.54. The van der Waals surface area contributed by atoms with E-state index in [1.54, 1.807) is 13.8 Å². The highest BCUT2D eigenvalue weighted by molar-refractivity contribution is 7.80. The molecule has 2 saturated heterocycles. The van der Waals surface area contributed by atoms with E-state index in [4.69, 9.17) is 27.0 Å². The molecule has 2 aliphatic heterocycles. The lowest BCUT2D eigenvalue weighted by Gasteiger charge is -2.43. The van der Waals surface area contributed by atoms with Gasteiger partial charge in [-0.15, -0.1) is 0 Å². The number of carbonyl (C=O) groups is 2. The second-order valence-electron chi connectivity index (χ2n) is 14.1. The fraction of sp³-hybridized carbons (Fsp3) is 0.719. The number of hydrogen-bond donors (Lipinski definition) is 0. The van der Waals surface area contributed by atoms with Gasteiger partial charge in [0.15, 0.2) is 10.8 Å². The van der Waals surface area contributed by atoms with Gasteiger partial charge in [0.05, 0.1) is 23.6 Å². The van der Waals surface area contributed by atoms with Crippen molar-refractivity contribution in [2.45, 2.75) is 135 Å². The van der Waals surface area contributed by atoms with Crippen LogP contribution in [0.25, 0.3) is 0 Å². The number of aromatic nitrogens is 1. The van der Waals surface area contributed by atoms with Crippen molar-refractivity contribution < 1.29 is 32.2 Å². The van der Waals surface area contributed by atoms with Gasteiger partial charge >= 0.3 is 12.3 Å². The first kappa shape index (κ1) is 34.9.